The first-order chi connectivity index (χ1) is 16.4. The molecule has 3 atom stereocenters. The second-order valence-electron chi connectivity index (χ2n) is 7.47. The third-order valence-electron chi connectivity index (χ3n) is 4.73. The number of aliphatic hydroxyl groups is 1. The van der Waals surface area contributed by atoms with E-state index in [4.69, 9.17) is 27.6 Å². The monoisotopic (exact) mass is 550 g/mol. The zero-order chi connectivity index (χ0) is 25.8. The molecule has 0 aliphatic heterocycles. The van der Waals surface area contributed by atoms with Crippen molar-refractivity contribution in [2.24, 2.45) is 0 Å². The summed E-state index contributed by atoms with van der Waals surface area (Å²) in [6.45, 7) is 1.33. The smallest absolute Gasteiger partial charge is 0.389 e. The fourth-order valence-corrected chi connectivity index (χ4v) is 4.22. The van der Waals surface area contributed by atoms with Crippen LogP contribution in [0.15, 0.2) is 40.4 Å². The van der Waals surface area contributed by atoms with E-state index in [9.17, 15) is 27.9 Å². The second-order valence-corrected chi connectivity index (χ2v) is 9.27. The van der Waals surface area contributed by atoms with Gasteiger partial charge in [-0.15, -0.1) is 11.3 Å². The highest BCUT2D eigenvalue weighted by Crippen LogP contribution is 2.28. The van der Waals surface area contributed by atoms with Gasteiger partial charge in [0.05, 0.1) is 12.2 Å². The first kappa shape index (κ1) is 26.9. The number of nitrogens with one attached hydrogen (secondary N) is 2. The van der Waals surface area contributed by atoms with Gasteiger partial charge in [0.2, 0.25) is 17.6 Å². The maximum absolute atomic E-state index is 12.8. The molecule has 0 radical (unpaired) electrons. The van der Waals surface area contributed by atoms with E-state index < -0.39 is 49.0 Å². The topological polar surface area (TPSA) is 117 Å². The fourth-order valence-electron chi connectivity index (χ4n) is 3.01. The molecule has 14 heteroatoms. The van der Waals surface area contributed by atoms with Gasteiger partial charge in [-0.1, -0.05) is 23.2 Å². The average molecular weight is 551 g/mol. The Labute approximate surface area is 211 Å². The molecule has 0 aliphatic carbocycles. The summed E-state index contributed by atoms with van der Waals surface area (Å²) < 4.78 is 43.7. The van der Waals surface area contributed by atoms with Crippen molar-refractivity contribution in [1.82, 2.24) is 20.6 Å². The molecule has 0 saturated heterocycles. The van der Waals surface area contributed by atoms with Crippen LogP contribution >= 0.6 is 34.5 Å². The quantitative estimate of drug-likeness (QED) is 0.352. The summed E-state index contributed by atoms with van der Waals surface area (Å²) in [7, 11) is 0. The number of alkyl halides is 3. The van der Waals surface area contributed by atoms with Crippen LogP contribution in [0.25, 0.3) is 11.5 Å². The normalized spacial score (nSPS) is 14.3. The van der Waals surface area contributed by atoms with Crippen LogP contribution in [-0.4, -0.2) is 45.1 Å². The number of carbonyl (C=O) groups excluding carboxylic acids is 2. The SMILES string of the molecule is C[C@H](NC(=O)c1cnc(-c2cc(Cl)cc(Cl)c2)o1)C(=O)N[C@@H](CCC(F)(F)F)C(O)c1nccs1. The van der Waals surface area contributed by atoms with Gasteiger partial charge in [0, 0.05) is 33.6 Å². The third kappa shape index (κ3) is 7.66. The van der Waals surface area contributed by atoms with Gasteiger partial charge in [-0.3, -0.25) is 9.59 Å². The van der Waals surface area contributed by atoms with Crippen LogP contribution in [0.5, 0.6) is 0 Å². The summed E-state index contributed by atoms with van der Waals surface area (Å²) in [5, 5.41) is 17.6. The van der Waals surface area contributed by atoms with Crippen molar-refractivity contribution in [3.8, 4) is 11.5 Å². The summed E-state index contributed by atoms with van der Waals surface area (Å²) in [6.07, 6.45) is -5.21. The number of amides is 2. The lowest BCUT2D eigenvalue weighted by Gasteiger charge is -2.25. The summed E-state index contributed by atoms with van der Waals surface area (Å²) in [6, 6.07) is 2.13. The van der Waals surface area contributed by atoms with Crippen molar-refractivity contribution in [3.63, 3.8) is 0 Å². The number of benzene rings is 1. The molecule has 3 rings (SSSR count). The molecule has 0 aliphatic rings. The van der Waals surface area contributed by atoms with E-state index in [0.29, 0.717) is 15.6 Å². The minimum atomic E-state index is -4.48. The Balaban J connectivity index is 1.65. The van der Waals surface area contributed by atoms with Gasteiger partial charge < -0.3 is 20.2 Å². The van der Waals surface area contributed by atoms with Gasteiger partial charge in [0.15, 0.2) is 0 Å². The lowest BCUT2D eigenvalue weighted by molar-refractivity contribution is -0.140. The molecule has 3 aromatic rings. The van der Waals surface area contributed by atoms with Crippen LogP contribution in [0.4, 0.5) is 13.2 Å². The fraction of sp³-hybridized carbons (Fsp3) is 0.333. The van der Waals surface area contributed by atoms with E-state index in [2.05, 4.69) is 20.6 Å². The van der Waals surface area contributed by atoms with Crippen molar-refractivity contribution in [2.45, 2.75) is 44.1 Å². The Hall–Kier alpha value is -2.67. The molecular weight excluding hydrogens is 532 g/mol. The summed E-state index contributed by atoms with van der Waals surface area (Å²) in [5.74, 6) is -1.74. The first-order valence-electron chi connectivity index (χ1n) is 10.1. The molecular formula is C21H19Cl2F3N4O4S. The Morgan fingerprint density at radius 1 is 1.17 bits per heavy atom. The Morgan fingerprint density at radius 3 is 2.46 bits per heavy atom. The summed E-state index contributed by atoms with van der Waals surface area (Å²) in [5.41, 5.74) is 0.427. The van der Waals surface area contributed by atoms with Crippen LogP contribution in [0.3, 0.4) is 0 Å². The van der Waals surface area contributed by atoms with Crippen LogP contribution in [0, 0.1) is 0 Å². The number of halogens is 5. The van der Waals surface area contributed by atoms with Gasteiger partial charge >= 0.3 is 6.18 Å². The van der Waals surface area contributed by atoms with E-state index >= 15 is 0 Å². The zero-order valence-electron chi connectivity index (χ0n) is 18.0. The summed E-state index contributed by atoms with van der Waals surface area (Å²) >= 11 is 13.0. The second kappa shape index (κ2) is 11.4. The maximum atomic E-state index is 12.8. The molecule has 2 amide bonds. The maximum Gasteiger partial charge on any atom is 0.389 e. The average Bonchev–Trinajstić information content (AvgIpc) is 3.47. The molecule has 188 valence electrons. The van der Waals surface area contributed by atoms with Gasteiger partial charge in [0.1, 0.15) is 17.2 Å². The molecule has 1 aromatic carbocycles. The van der Waals surface area contributed by atoms with Crippen LogP contribution in [0.2, 0.25) is 10.0 Å². The lowest BCUT2D eigenvalue weighted by atomic mass is 10.0. The molecule has 0 spiro atoms. The Bertz CT molecular complexity index is 1150. The number of aliphatic hydroxyl groups excluding tert-OH is 1. The largest absolute Gasteiger partial charge is 0.431 e. The minimum Gasteiger partial charge on any atom is -0.431 e. The molecule has 0 saturated carbocycles. The van der Waals surface area contributed by atoms with Gasteiger partial charge in [-0.05, 0) is 31.5 Å². The highest BCUT2D eigenvalue weighted by molar-refractivity contribution is 7.09. The molecule has 35 heavy (non-hydrogen) atoms. The number of aromatic nitrogens is 2. The van der Waals surface area contributed by atoms with Gasteiger partial charge in [-0.25, -0.2) is 9.97 Å². The molecule has 0 fully saturated rings. The highest BCUT2D eigenvalue weighted by atomic mass is 35.5. The van der Waals surface area contributed by atoms with E-state index in [1.54, 1.807) is 5.38 Å². The predicted octanol–water partition coefficient (Wildman–Crippen LogP) is 4.78. The standard InChI is InChI=1S/C21H19Cl2F3N4O4S/c1-10(17(32)30-14(2-3-21(24,25)26)16(31)20-27-4-5-35-20)29-18(33)15-9-28-19(34-15)11-6-12(22)8-13(23)7-11/h4-10,14,16,31H,2-3H2,1H3,(H,29,33)(H,30,32)/t10-,14-,16?/m0/s1. The molecule has 1 unspecified atom stereocenters. The van der Waals surface area contributed by atoms with Crippen molar-refractivity contribution in [1.29, 1.82) is 0 Å². The van der Waals surface area contributed by atoms with Crippen LogP contribution in [-0.2, 0) is 4.79 Å². The number of oxazole rings is 1. The van der Waals surface area contributed by atoms with Crippen molar-refractivity contribution in [2.75, 3.05) is 0 Å². The minimum absolute atomic E-state index is 0.0652. The predicted molar refractivity (Wildman–Crippen MR) is 123 cm³/mol. The number of thiazole rings is 1. The molecule has 2 aromatic heterocycles. The molecule has 0 bridgehead atoms. The molecule has 2 heterocycles. The Kier molecular flexibility index (Phi) is 8.75. The number of hydrogen-bond acceptors (Lipinski definition) is 7. The van der Waals surface area contributed by atoms with E-state index in [-0.39, 0.29) is 16.7 Å². The van der Waals surface area contributed by atoms with Crippen molar-refractivity contribution >= 4 is 46.4 Å². The lowest BCUT2D eigenvalue weighted by Crippen LogP contribution is -2.49. The summed E-state index contributed by atoms with van der Waals surface area (Å²) in [4.78, 5) is 33.0. The van der Waals surface area contributed by atoms with E-state index in [1.165, 1.54) is 31.3 Å². The number of carbonyl (C=O) groups is 2. The van der Waals surface area contributed by atoms with Crippen molar-refractivity contribution < 1.29 is 32.3 Å². The highest BCUT2D eigenvalue weighted by Gasteiger charge is 2.33. The van der Waals surface area contributed by atoms with E-state index in [1.807, 2.05) is 0 Å². The van der Waals surface area contributed by atoms with Crippen LogP contribution < -0.4 is 10.6 Å². The van der Waals surface area contributed by atoms with E-state index in [0.717, 1.165) is 17.5 Å². The third-order valence-corrected chi connectivity index (χ3v) is 6.01. The Morgan fingerprint density at radius 2 is 1.86 bits per heavy atom. The van der Waals surface area contributed by atoms with Crippen molar-refractivity contribution in [3.05, 3.63) is 56.8 Å². The number of nitrogens with zero attached hydrogens (tertiary/aromatic N) is 2. The zero-order valence-corrected chi connectivity index (χ0v) is 20.3. The van der Waals surface area contributed by atoms with Gasteiger partial charge in [0.25, 0.3) is 5.91 Å². The van der Waals surface area contributed by atoms with Crippen LogP contribution in [0.1, 0.15) is 41.4 Å². The number of hydrogen-bond donors (Lipinski definition) is 3. The number of rotatable bonds is 9. The first-order valence-corrected chi connectivity index (χ1v) is 11.7. The molecule has 3 N–H and O–H groups in total. The van der Waals surface area contributed by atoms with Gasteiger partial charge in [-0.2, -0.15) is 13.2 Å². The molecule has 8 nitrogen and oxygen atoms in total.